The van der Waals surface area contributed by atoms with Crippen LogP contribution in [0.15, 0.2) is 18.2 Å². The molecule has 0 aromatic heterocycles. The maximum absolute atomic E-state index is 13.9. The van der Waals surface area contributed by atoms with Crippen LogP contribution in [-0.4, -0.2) is 23.8 Å². The van der Waals surface area contributed by atoms with Gasteiger partial charge in [-0.2, -0.15) is 0 Å². The van der Waals surface area contributed by atoms with Gasteiger partial charge in [0.1, 0.15) is 17.2 Å². The van der Waals surface area contributed by atoms with Crippen LogP contribution in [0.4, 0.5) is 14.0 Å². The molecule has 1 aliphatic rings. The SMILES string of the molecule is CC(C)(C)OC(=O)N[C@@H]1C[C@H]1c1cc(OC(N)=O)ccc1F. The van der Waals surface area contributed by atoms with Crippen LogP contribution < -0.4 is 15.8 Å². The molecule has 0 aliphatic heterocycles. The molecule has 0 heterocycles. The molecule has 0 unspecified atom stereocenters. The first-order chi connectivity index (χ1) is 10.2. The number of primary amides is 1. The summed E-state index contributed by atoms with van der Waals surface area (Å²) in [5, 5.41) is 2.69. The number of nitrogens with two attached hydrogens (primary N) is 1. The number of rotatable bonds is 3. The fourth-order valence-corrected chi connectivity index (χ4v) is 2.14. The zero-order valence-electron chi connectivity index (χ0n) is 12.7. The first-order valence-electron chi connectivity index (χ1n) is 6.92. The second kappa shape index (κ2) is 5.82. The Morgan fingerprint density at radius 3 is 2.64 bits per heavy atom. The first kappa shape index (κ1) is 16.1. The Bertz CT molecular complexity index is 598. The highest BCUT2D eigenvalue weighted by molar-refractivity contribution is 5.69. The lowest BCUT2D eigenvalue weighted by molar-refractivity contribution is 0.0522. The predicted octanol–water partition coefficient (Wildman–Crippen LogP) is 2.66. The van der Waals surface area contributed by atoms with E-state index in [1.165, 1.54) is 18.2 Å². The minimum Gasteiger partial charge on any atom is -0.444 e. The van der Waals surface area contributed by atoms with E-state index in [2.05, 4.69) is 5.32 Å². The molecule has 6 nitrogen and oxygen atoms in total. The summed E-state index contributed by atoms with van der Waals surface area (Å²) in [7, 11) is 0. The van der Waals surface area contributed by atoms with Gasteiger partial charge >= 0.3 is 12.2 Å². The van der Waals surface area contributed by atoms with Gasteiger partial charge in [0.25, 0.3) is 0 Å². The average Bonchev–Trinajstić information content (AvgIpc) is 3.07. The van der Waals surface area contributed by atoms with Crippen molar-refractivity contribution in [1.29, 1.82) is 0 Å². The van der Waals surface area contributed by atoms with E-state index in [0.717, 1.165) is 0 Å². The number of hydrogen-bond acceptors (Lipinski definition) is 4. The molecule has 2 atom stereocenters. The van der Waals surface area contributed by atoms with Gasteiger partial charge in [-0.3, -0.25) is 0 Å². The van der Waals surface area contributed by atoms with Crippen molar-refractivity contribution in [3.8, 4) is 5.75 Å². The Morgan fingerprint density at radius 2 is 2.05 bits per heavy atom. The maximum Gasteiger partial charge on any atom is 0.409 e. The molecule has 2 rings (SSSR count). The fraction of sp³-hybridized carbons (Fsp3) is 0.467. The maximum atomic E-state index is 13.9. The van der Waals surface area contributed by atoms with E-state index in [9.17, 15) is 14.0 Å². The Balaban J connectivity index is 2.00. The highest BCUT2D eigenvalue weighted by atomic mass is 19.1. The molecular formula is C15H19FN2O4. The smallest absolute Gasteiger partial charge is 0.409 e. The Kier molecular flexibility index (Phi) is 4.25. The summed E-state index contributed by atoms with van der Waals surface area (Å²) in [6.45, 7) is 5.30. The van der Waals surface area contributed by atoms with Gasteiger partial charge in [0.2, 0.25) is 0 Å². The normalized spacial score (nSPS) is 20.2. The number of amides is 2. The van der Waals surface area contributed by atoms with Gasteiger partial charge in [-0.1, -0.05) is 0 Å². The minimum atomic E-state index is -0.961. The van der Waals surface area contributed by atoms with Crippen LogP contribution in [0.25, 0.3) is 0 Å². The minimum absolute atomic E-state index is 0.173. The molecule has 7 heteroatoms. The lowest BCUT2D eigenvalue weighted by Crippen LogP contribution is -2.34. The molecule has 0 radical (unpaired) electrons. The van der Waals surface area contributed by atoms with E-state index >= 15 is 0 Å². The van der Waals surface area contributed by atoms with Crippen LogP contribution in [0.2, 0.25) is 0 Å². The number of hydrogen-bond donors (Lipinski definition) is 2. The predicted molar refractivity (Wildman–Crippen MR) is 77.1 cm³/mol. The van der Waals surface area contributed by atoms with Gasteiger partial charge in [0.15, 0.2) is 0 Å². The van der Waals surface area contributed by atoms with Gasteiger partial charge < -0.3 is 20.5 Å². The number of carbonyl (C=O) groups excluding carboxylic acids is 2. The lowest BCUT2D eigenvalue weighted by atomic mass is 10.1. The fourth-order valence-electron chi connectivity index (χ4n) is 2.14. The molecule has 0 saturated heterocycles. The monoisotopic (exact) mass is 310 g/mol. The van der Waals surface area contributed by atoms with Crippen LogP contribution in [0, 0.1) is 5.82 Å². The molecular weight excluding hydrogens is 291 g/mol. The van der Waals surface area contributed by atoms with Crippen molar-refractivity contribution >= 4 is 12.2 Å². The summed E-state index contributed by atoms with van der Waals surface area (Å²) in [5.74, 6) is -0.425. The summed E-state index contributed by atoms with van der Waals surface area (Å²) in [4.78, 5) is 22.4. The lowest BCUT2D eigenvalue weighted by Gasteiger charge is -2.19. The van der Waals surface area contributed by atoms with Crippen LogP contribution >= 0.6 is 0 Å². The summed E-state index contributed by atoms with van der Waals surface area (Å²) < 4.78 is 23.7. The summed E-state index contributed by atoms with van der Waals surface area (Å²) in [6, 6.07) is 3.74. The van der Waals surface area contributed by atoms with E-state index in [1.54, 1.807) is 20.8 Å². The van der Waals surface area contributed by atoms with Crippen molar-refractivity contribution in [2.24, 2.45) is 5.73 Å². The van der Waals surface area contributed by atoms with Crippen LogP contribution in [0.5, 0.6) is 5.75 Å². The molecule has 1 aliphatic carbocycles. The van der Waals surface area contributed by atoms with Crippen molar-refractivity contribution in [3.63, 3.8) is 0 Å². The second-order valence-electron chi connectivity index (χ2n) is 6.20. The largest absolute Gasteiger partial charge is 0.444 e. The standard InChI is InChI=1S/C15H19FN2O4/c1-15(2,3)22-14(20)18-12-7-10(12)9-6-8(21-13(17)19)4-5-11(9)16/h4-6,10,12H,7H2,1-3H3,(H2,17,19)(H,18,20)/t10-,12+/m0/s1. The average molecular weight is 310 g/mol. The Morgan fingerprint density at radius 1 is 1.36 bits per heavy atom. The molecule has 1 aromatic rings. The third kappa shape index (κ3) is 4.34. The van der Waals surface area contributed by atoms with Crippen molar-refractivity contribution in [3.05, 3.63) is 29.6 Å². The second-order valence-corrected chi connectivity index (χ2v) is 6.20. The van der Waals surface area contributed by atoms with Gasteiger partial charge in [0.05, 0.1) is 0 Å². The molecule has 3 N–H and O–H groups in total. The zero-order valence-corrected chi connectivity index (χ0v) is 12.7. The number of nitrogens with one attached hydrogen (secondary N) is 1. The van der Waals surface area contributed by atoms with E-state index in [1.807, 2.05) is 0 Å². The summed E-state index contributed by atoms with van der Waals surface area (Å²) in [5.41, 5.74) is 4.71. The van der Waals surface area contributed by atoms with E-state index in [4.69, 9.17) is 15.2 Å². The molecule has 1 aromatic carbocycles. The van der Waals surface area contributed by atoms with Gasteiger partial charge in [-0.05, 0) is 51.0 Å². The highest BCUT2D eigenvalue weighted by Crippen LogP contribution is 2.43. The third-order valence-electron chi connectivity index (χ3n) is 3.08. The Labute approximate surface area is 127 Å². The quantitative estimate of drug-likeness (QED) is 0.898. The highest BCUT2D eigenvalue weighted by Gasteiger charge is 2.42. The summed E-state index contributed by atoms with van der Waals surface area (Å²) in [6.07, 6.45) is -0.905. The van der Waals surface area contributed by atoms with E-state index in [-0.39, 0.29) is 17.7 Å². The van der Waals surface area contributed by atoms with E-state index < -0.39 is 23.6 Å². The first-order valence-corrected chi connectivity index (χ1v) is 6.92. The van der Waals surface area contributed by atoms with Crippen LogP contribution in [0.1, 0.15) is 38.7 Å². The van der Waals surface area contributed by atoms with E-state index in [0.29, 0.717) is 12.0 Å². The van der Waals surface area contributed by atoms with Crippen molar-refractivity contribution in [2.75, 3.05) is 0 Å². The van der Waals surface area contributed by atoms with Crippen molar-refractivity contribution in [1.82, 2.24) is 5.32 Å². The molecule has 1 saturated carbocycles. The summed E-state index contributed by atoms with van der Waals surface area (Å²) >= 11 is 0. The van der Waals surface area contributed by atoms with Crippen molar-refractivity contribution < 1.29 is 23.5 Å². The third-order valence-corrected chi connectivity index (χ3v) is 3.08. The number of halogens is 1. The molecule has 22 heavy (non-hydrogen) atoms. The Hall–Kier alpha value is -2.31. The van der Waals surface area contributed by atoms with Crippen LogP contribution in [-0.2, 0) is 4.74 Å². The number of carbonyl (C=O) groups is 2. The number of benzene rings is 1. The number of alkyl carbamates (subject to hydrolysis) is 1. The molecule has 0 bridgehead atoms. The number of ether oxygens (including phenoxy) is 2. The van der Waals surface area contributed by atoms with Crippen molar-refractivity contribution in [2.45, 2.75) is 44.8 Å². The van der Waals surface area contributed by atoms with Gasteiger partial charge in [-0.25, -0.2) is 14.0 Å². The van der Waals surface area contributed by atoms with Crippen LogP contribution in [0.3, 0.4) is 0 Å². The zero-order chi connectivity index (χ0) is 16.5. The topological polar surface area (TPSA) is 90.7 Å². The molecule has 2 amide bonds. The molecule has 1 fully saturated rings. The molecule has 120 valence electrons. The van der Waals surface area contributed by atoms with Gasteiger partial charge in [-0.15, -0.1) is 0 Å². The molecule has 0 spiro atoms. The van der Waals surface area contributed by atoms with Gasteiger partial charge in [0, 0.05) is 12.0 Å².